The Balaban J connectivity index is 1.97. The summed E-state index contributed by atoms with van der Waals surface area (Å²) < 4.78 is 5.20. The third-order valence-corrected chi connectivity index (χ3v) is 7.16. The number of ether oxygens (including phenoxy) is 1. The van der Waals surface area contributed by atoms with E-state index < -0.39 is 0 Å². The van der Waals surface area contributed by atoms with Crippen LogP contribution < -0.4 is 0 Å². The Morgan fingerprint density at radius 3 is 2.70 bits per heavy atom. The highest BCUT2D eigenvalue weighted by Gasteiger charge is 2.56. The maximum atomic E-state index is 12.5. The Morgan fingerprint density at radius 1 is 1.30 bits per heavy atom. The highest BCUT2D eigenvalue weighted by Crippen LogP contribution is 2.61. The molecule has 0 aromatic carbocycles. The van der Waals surface area contributed by atoms with Gasteiger partial charge < -0.3 is 4.74 Å². The molecule has 0 radical (unpaired) electrons. The molecule has 0 N–H and O–H groups in total. The van der Waals surface area contributed by atoms with Crippen LogP contribution in [0.15, 0.2) is 23.3 Å². The van der Waals surface area contributed by atoms with Crippen LogP contribution >= 0.6 is 0 Å². The Bertz CT molecular complexity index is 556. The number of fused-ring (bicyclic) bond motifs is 2. The van der Waals surface area contributed by atoms with Crippen molar-refractivity contribution in [1.82, 2.24) is 0 Å². The lowest BCUT2D eigenvalue weighted by atomic mass is 9.49. The second-order valence-electron chi connectivity index (χ2n) is 8.76. The first kappa shape index (κ1) is 16.8. The van der Waals surface area contributed by atoms with E-state index in [9.17, 15) is 4.79 Å². The fourth-order valence-electron chi connectivity index (χ4n) is 5.72. The molecule has 0 aromatic rings. The van der Waals surface area contributed by atoms with Gasteiger partial charge in [0, 0.05) is 0 Å². The second kappa shape index (κ2) is 5.79. The van der Waals surface area contributed by atoms with Crippen molar-refractivity contribution in [2.75, 3.05) is 7.11 Å². The molecule has 2 nitrogen and oxygen atoms in total. The van der Waals surface area contributed by atoms with Gasteiger partial charge in [-0.3, -0.25) is 4.79 Å². The normalized spacial score (nSPS) is 39.9. The summed E-state index contributed by atoms with van der Waals surface area (Å²) >= 11 is 0. The lowest BCUT2D eigenvalue weighted by molar-refractivity contribution is -0.162. The van der Waals surface area contributed by atoms with Crippen LogP contribution in [0.25, 0.3) is 0 Å². The smallest absolute Gasteiger partial charge is 0.311 e. The van der Waals surface area contributed by atoms with E-state index in [1.807, 2.05) is 0 Å². The third kappa shape index (κ3) is 2.49. The van der Waals surface area contributed by atoms with Gasteiger partial charge in [0.15, 0.2) is 0 Å². The van der Waals surface area contributed by atoms with Gasteiger partial charge in [0.25, 0.3) is 0 Å². The van der Waals surface area contributed by atoms with Crippen LogP contribution in [0.3, 0.4) is 0 Å². The van der Waals surface area contributed by atoms with E-state index in [0.717, 1.165) is 25.7 Å². The second-order valence-corrected chi connectivity index (χ2v) is 8.76. The number of allylic oxidation sites excluding steroid dienone is 4. The van der Waals surface area contributed by atoms with Crippen molar-refractivity contribution in [2.24, 2.45) is 28.6 Å². The number of hydrogen-bond donors (Lipinski definition) is 0. The van der Waals surface area contributed by atoms with Crippen molar-refractivity contribution in [1.29, 1.82) is 0 Å². The highest BCUT2D eigenvalue weighted by molar-refractivity contribution is 5.77. The zero-order chi connectivity index (χ0) is 16.8. The quantitative estimate of drug-likeness (QED) is 0.647. The predicted octanol–water partition coefficient (Wildman–Crippen LogP) is 5.29. The molecule has 0 aromatic heterocycles. The van der Waals surface area contributed by atoms with Crippen LogP contribution in [0.1, 0.15) is 66.2 Å². The minimum Gasteiger partial charge on any atom is -0.469 e. The average molecular weight is 316 g/mol. The van der Waals surface area contributed by atoms with Crippen molar-refractivity contribution in [3.05, 3.63) is 23.3 Å². The molecule has 2 heteroatoms. The highest BCUT2D eigenvalue weighted by atomic mass is 16.5. The molecule has 0 spiro atoms. The topological polar surface area (TPSA) is 26.3 Å². The molecule has 1 saturated carbocycles. The van der Waals surface area contributed by atoms with Gasteiger partial charge in [0.05, 0.1) is 12.5 Å². The minimum atomic E-state index is -0.316. The zero-order valence-electron chi connectivity index (χ0n) is 15.4. The molecule has 0 aliphatic heterocycles. The van der Waals surface area contributed by atoms with Crippen LogP contribution in [-0.4, -0.2) is 13.1 Å². The largest absolute Gasteiger partial charge is 0.469 e. The fourth-order valence-corrected chi connectivity index (χ4v) is 5.72. The fraction of sp³-hybridized carbons (Fsp3) is 0.762. The molecular weight excluding hydrogens is 284 g/mol. The number of carbonyl (C=O) groups is 1. The zero-order valence-corrected chi connectivity index (χ0v) is 15.4. The molecule has 0 amide bonds. The first-order valence-electron chi connectivity index (χ1n) is 9.32. The van der Waals surface area contributed by atoms with Crippen molar-refractivity contribution in [3.8, 4) is 0 Å². The Hall–Kier alpha value is -1.05. The van der Waals surface area contributed by atoms with Gasteiger partial charge in [-0.25, -0.2) is 0 Å². The van der Waals surface area contributed by atoms with E-state index >= 15 is 0 Å². The predicted molar refractivity (Wildman–Crippen MR) is 93.9 cm³/mol. The van der Waals surface area contributed by atoms with E-state index in [1.54, 1.807) is 18.3 Å². The summed E-state index contributed by atoms with van der Waals surface area (Å²) in [4.78, 5) is 12.5. The lowest BCUT2D eigenvalue weighted by Crippen LogP contribution is -2.51. The summed E-state index contributed by atoms with van der Waals surface area (Å²) in [6.45, 7) is 9.20. The van der Waals surface area contributed by atoms with E-state index in [-0.39, 0.29) is 16.8 Å². The summed E-state index contributed by atoms with van der Waals surface area (Å²) in [5.74, 6) is 1.80. The van der Waals surface area contributed by atoms with Crippen molar-refractivity contribution in [2.45, 2.75) is 66.2 Å². The van der Waals surface area contributed by atoms with Crippen LogP contribution in [0, 0.1) is 28.6 Å². The van der Waals surface area contributed by atoms with Crippen molar-refractivity contribution >= 4 is 5.97 Å². The maximum absolute atomic E-state index is 12.5. The molecule has 3 aliphatic rings. The summed E-state index contributed by atoms with van der Waals surface area (Å²) in [6, 6.07) is 0. The summed E-state index contributed by atoms with van der Waals surface area (Å²) in [7, 11) is 1.54. The van der Waals surface area contributed by atoms with E-state index in [0.29, 0.717) is 17.8 Å². The first-order chi connectivity index (χ1) is 10.8. The molecule has 3 rings (SSSR count). The Morgan fingerprint density at radius 2 is 2.04 bits per heavy atom. The number of hydrogen-bond acceptors (Lipinski definition) is 2. The van der Waals surface area contributed by atoms with Gasteiger partial charge >= 0.3 is 5.97 Å². The Labute approximate surface area is 141 Å². The molecule has 4 unspecified atom stereocenters. The molecule has 4 atom stereocenters. The van der Waals surface area contributed by atoms with E-state index in [2.05, 4.69) is 39.8 Å². The minimum absolute atomic E-state index is 0.00248. The number of methoxy groups -OCH3 is 1. The maximum Gasteiger partial charge on any atom is 0.311 e. The van der Waals surface area contributed by atoms with Crippen molar-refractivity contribution in [3.63, 3.8) is 0 Å². The first-order valence-corrected chi connectivity index (χ1v) is 9.32. The van der Waals surface area contributed by atoms with Gasteiger partial charge in [-0.05, 0) is 67.8 Å². The third-order valence-electron chi connectivity index (χ3n) is 7.16. The molecule has 3 aliphatic carbocycles. The molecule has 0 saturated heterocycles. The number of esters is 1. The SMILES string of the molecule is COC(=O)C1(C)CCCC2(C)C3=C(CCC12)CC(C(C)C)C=C3. The summed E-state index contributed by atoms with van der Waals surface area (Å²) in [6.07, 6.45) is 11.7. The average Bonchev–Trinajstić information content (AvgIpc) is 2.53. The van der Waals surface area contributed by atoms with Crippen LogP contribution in [-0.2, 0) is 9.53 Å². The molecule has 0 bridgehead atoms. The lowest BCUT2D eigenvalue weighted by Gasteiger charge is -2.55. The molecule has 128 valence electrons. The molecule has 1 fully saturated rings. The molecule has 0 heterocycles. The Kier molecular flexibility index (Phi) is 4.23. The number of carbonyl (C=O) groups excluding carboxylic acids is 1. The summed E-state index contributed by atoms with van der Waals surface area (Å²) in [5, 5.41) is 0. The van der Waals surface area contributed by atoms with Crippen LogP contribution in [0.4, 0.5) is 0 Å². The monoisotopic (exact) mass is 316 g/mol. The molecule has 23 heavy (non-hydrogen) atoms. The van der Waals surface area contributed by atoms with Crippen LogP contribution in [0.2, 0.25) is 0 Å². The van der Waals surface area contributed by atoms with Gasteiger partial charge in [-0.1, -0.05) is 44.9 Å². The van der Waals surface area contributed by atoms with E-state index in [1.165, 1.54) is 12.8 Å². The standard InChI is InChI=1S/C21H32O2/c1-14(2)15-7-9-17-16(13-15)8-10-18-20(17,3)11-6-12-21(18,4)19(22)23-5/h7,9,14-15,18H,6,8,10-13H2,1-5H3. The molecular formula is C21H32O2. The summed E-state index contributed by atoms with van der Waals surface area (Å²) in [5.41, 5.74) is 3.05. The van der Waals surface area contributed by atoms with Gasteiger partial charge in [-0.2, -0.15) is 0 Å². The van der Waals surface area contributed by atoms with Gasteiger partial charge in [-0.15, -0.1) is 0 Å². The van der Waals surface area contributed by atoms with E-state index in [4.69, 9.17) is 4.74 Å². The number of rotatable bonds is 2. The van der Waals surface area contributed by atoms with Gasteiger partial charge in [0.1, 0.15) is 0 Å². The van der Waals surface area contributed by atoms with Crippen molar-refractivity contribution < 1.29 is 9.53 Å². The van der Waals surface area contributed by atoms with Crippen LogP contribution in [0.5, 0.6) is 0 Å². The van der Waals surface area contributed by atoms with Gasteiger partial charge in [0.2, 0.25) is 0 Å².